The van der Waals surface area contributed by atoms with Gasteiger partial charge in [-0.05, 0) is 55.7 Å². The molecule has 0 saturated carbocycles. The Balaban J connectivity index is 1.73. The number of nitrogens with one attached hydrogen (secondary N) is 1. The summed E-state index contributed by atoms with van der Waals surface area (Å²) in [6.07, 6.45) is 1.32. The fourth-order valence-electron chi connectivity index (χ4n) is 3.12. The van der Waals surface area contributed by atoms with Crippen LogP contribution >= 0.6 is 11.6 Å². The molecule has 2 aromatic rings. The smallest absolute Gasteiger partial charge is 0.243 e. The molecular formula is C19H21ClN2O3S. The summed E-state index contributed by atoms with van der Waals surface area (Å²) in [6.45, 7) is 2.49. The predicted molar refractivity (Wildman–Crippen MR) is 103 cm³/mol. The highest BCUT2D eigenvalue weighted by Crippen LogP contribution is 2.26. The number of amides is 1. The first-order chi connectivity index (χ1) is 12.4. The highest BCUT2D eigenvalue weighted by Gasteiger charge is 2.33. The van der Waals surface area contributed by atoms with Crippen LogP contribution in [0.4, 0.5) is 5.69 Å². The van der Waals surface area contributed by atoms with Crippen LogP contribution in [0.25, 0.3) is 0 Å². The standard InChI is InChI=1S/C19H21ClN2O3S/c1-14-12-16(20)9-10-18(14)21-19(23)15-6-5-11-22(13-15)26(24,25)17-7-3-2-4-8-17/h2-4,7-10,12,15H,5-6,11,13H2,1H3,(H,21,23)/t15-/m1/s1. The molecule has 0 spiro atoms. The average Bonchev–Trinajstić information content (AvgIpc) is 2.65. The summed E-state index contributed by atoms with van der Waals surface area (Å²) < 4.78 is 27.0. The van der Waals surface area contributed by atoms with Gasteiger partial charge in [0.05, 0.1) is 10.8 Å². The Labute approximate surface area is 159 Å². The van der Waals surface area contributed by atoms with Crippen molar-refractivity contribution in [3.63, 3.8) is 0 Å². The number of piperidine rings is 1. The van der Waals surface area contributed by atoms with E-state index < -0.39 is 10.0 Å². The lowest BCUT2D eigenvalue weighted by Crippen LogP contribution is -2.43. The maximum atomic E-state index is 12.8. The number of carbonyl (C=O) groups is 1. The largest absolute Gasteiger partial charge is 0.326 e. The highest BCUT2D eigenvalue weighted by molar-refractivity contribution is 7.89. The third kappa shape index (κ3) is 4.09. The Hall–Kier alpha value is -1.89. The van der Waals surface area contributed by atoms with Crippen LogP contribution in [0.5, 0.6) is 0 Å². The lowest BCUT2D eigenvalue weighted by molar-refractivity contribution is -0.120. The van der Waals surface area contributed by atoms with Gasteiger partial charge in [0.2, 0.25) is 15.9 Å². The number of rotatable bonds is 4. The Morgan fingerprint density at radius 1 is 1.19 bits per heavy atom. The first kappa shape index (κ1) is 18.9. The van der Waals surface area contributed by atoms with E-state index >= 15 is 0 Å². The molecule has 26 heavy (non-hydrogen) atoms. The van der Waals surface area contributed by atoms with Gasteiger partial charge in [0, 0.05) is 23.8 Å². The van der Waals surface area contributed by atoms with E-state index in [1.54, 1.807) is 48.5 Å². The topological polar surface area (TPSA) is 66.5 Å². The number of carbonyl (C=O) groups excluding carboxylic acids is 1. The minimum Gasteiger partial charge on any atom is -0.326 e. The number of halogens is 1. The molecule has 2 aromatic carbocycles. The molecular weight excluding hydrogens is 372 g/mol. The molecule has 1 fully saturated rings. The van der Waals surface area contributed by atoms with Gasteiger partial charge in [0.1, 0.15) is 0 Å². The van der Waals surface area contributed by atoms with Crippen LogP contribution in [0.3, 0.4) is 0 Å². The van der Waals surface area contributed by atoms with Gasteiger partial charge in [-0.15, -0.1) is 0 Å². The van der Waals surface area contributed by atoms with E-state index in [0.717, 1.165) is 5.56 Å². The highest BCUT2D eigenvalue weighted by atomic mass is 35.5. The first-order valence-corrected chi connectivity index (χ1v) is 10.3. The summed E-state index contributed by atoms with van der Waals surface area (Å²) in [4.78, 5) is 12.9. The van der Waals surface area contributed by atoms with E-state index in [-0.39, 0.29) is 23.3 Å². The second kappa shape index (κ2) is 7.78. The van der Waals surface area contributed by atoms with Gasteiger partial charge in [-0.2, -0.15) is 4.31 Å². The van der Waals surface area contributed by atoms with E-state index in [0.29, 0.717) is 30.1 Å². The second-order valence-corrected chi connectivity index (χ2v) is 8.84. The van der Waals surface area contributed by atoms with Crippen LogP contribution in [0, 0.1) is 12.8 Å². The van der Waals surface area contributed by atoms with Crippen molar-refractivity contribution in [1.29, 1.82) is 0 Å². The molecule has 138 valence electrons. The zero-order chi connectivity index (χ0) is 18.7. The molecule has 1 aliphatic heterocycles. The molecule has 3 rings (SSSR count). The summed E-state index contributed by atoms with van der Waals surface area (Å²) in [5, 5.41) is 3.51. The van der Waals surface area contributed by atoms with E-state index in [9.17, 15) is 13.2 Å². The van der Waals surface area contributed by atoms with Crippen molar-refractivity contribution >= 4 is 33.2 Å². The summed E-state index contributed by atoms with van der Waals surface area (Å²) in [6, 6.07) is 13.6. The Morgan fingerprint density at radius 2 is 1.92 bits per heavy atom. The average molecular weight is 393 g/mol. The quantitative estimate of drug-likeness (QED) is 0.862. The van der Waals surface area contributed by atoms with Crippen LogP contribution in [0.15, 0.2) is 53.4 Å². The van der Waals surface area contributed by atoms with Gasteiger partial charge in [0.15, 0.2) is 0 Å². The number of hydrogen-bond donors (Lipinski definition) is 1. The number of nitrogens with zero attached hydrogens (tertiary/aromatic N) is 1. The van der Waals surface area contributed by atoms with E-state index in [4.69, 9.17) is 11.6 Å². The van der Waals surface area contributed by atoms with Crippen LogP contribution in [-0.4, -0.2) is 31.7 Å². The molecule has 0 unspecified atom stereocenters. The molecule has 1 atom stereocenters. The molecule has 1 amide bonds. The van der Waals surface area contributed by atoms with Crippen molar-refractivity contribution in [3.8, 4) is 0 Å². The van der Waals surface area contributed by atoms with Gasteiger partial charge in [-0.25, -0.2) is 8.42 Å². The Kier molecular flexibility index (Phi) is 5.65. The number of aryl methyl sites for hydroxylation is 1. The van der Waals surface area contributed by atoms with E-state index in [2.05, 4.69) is 5.32 Å². The molecule has 7 heteroatoms. The van der Waals surface area contributed by atoms with Crippen LogP contribution in [0.1, 0.15) is 18.4 Å². The van der Waals surface area contributed by atoms with E-state index in [1.165, 1.54) is 4.31 Å². The lowest BCUT2D eigenvalue weighted by Gasteiger charge is -2.31. The summed E-state index contributed by atoms with van der Waals surface area (Å²) in [5.41, 5.74) is 1.57. The van der Waals surface area contributed by atoms with Crippen molar-refractivity contribution in [2.45, 2.75) is 24.7 Å². The maximum Gasteiger partial charge on any atom is 0.243 e. The SMILES string of the molecule is Cc1cc(Cl)ccc1NC(=O)[C@@H]1CCCN(S(=O)(=O)c2ccccc2)C1. The molecule has 1 aliphatic rings. The zero-order valence-electron chi connectivity index (χ0n) is 14.5. The van der Waals surface area contributed by atoms with Crippen LogP contribution in [-0.2, 0) is 14.8 Å². The number of sulfonamides is 1. The minimum absolute atomic E-state index is 0.164. The minimum atomic E-state index is -3.58. The fourth-order valence-corrected chi connectivity index (χ4v) is 4.89. The summed E-state index contributed by atoms with van der Waals surface area (Å²) in [7, 11) is -3.58. The van der Waals surface area contributed by atoms with Crippen LogP contribution < -0.4 is 5.32 Å². The van der Waals surface area contributed by atoms with Crippen molar-refractivity contribution in [3.05, 3.63) is 59.1 Å². The monoisotopic (exact) mass is 392 g/mol. The molecule has 0 aromatic heterocycles. The van der Waals surface area contributed by atoms with Crippen LogP contribution in [0.2, 0.25) is 5.02 Å². The molecule has 1 heterocycles. The molecule has 5 nitrogen and oxygen atoms in total. The zero-order valence-corrected chi connectivity index (χ0v) is 16.1. The second-order valence-electron chi connectivity index (χ2n) is 6.46. The van der Waals surface area contributed by atoms with Gasteiger partial charge in [0.25, 0.3) is 0 Å². The molecule has 1 saturated heterocycles. The van der Waals surface area contributed by atoms with Gasteiger partial charge in [-0.3, -0.25) is 4.79 Å². The third-order valence-electron chi connectivity index (χ3n) is 4.58. The van der Waals surface area contributed by atoms with Crippen molar-refractivity contribution in [1.82, 2.24) is 4.31 Å². The molecule has 0 aliphatic carbocycles. The predicted octanol–water partition coefficient (Wildman–Crippen LogP) is 3.69. The van der Waals surface area contributed by atoms with Gasteiger partial charge >= 0.3 is 0 Å². The maximum absolute atomic E-state index is 12.8. The first-order valence-electron chi connectivity index (χ1n) is 8.50. The number of hydrogen-bond acceptors (Lipinski definition) is 3. The fraction of sp³-hybridized carbons (Fsp3) is 0.316. The summed E-state index contributed by atoms with van der Waals surface area (Å²) >= 11 is 5.94. The Morgan fingerprint density at radius 3 is 2.62 bits per heavy atom. The lowest BCUT2D eigenvalue weighted by atomic mass is 9.98. The van der Waals surface area contributed by atoms with Crippen molar-refractivity contribution in [2.75, 3.05) is 18.4 Å². The molecule has 0 radical (unpaired) electrons. The number of benzene rings is 2. The van der Waals surface area contributed by atoms with Crippen molar-refractivity contribution in [2.24, 2.45) is 5.92 Å². The van der Waals surface area contributed by atoms with Crippen molar-refractivity contribution < 1.29 is 13.2 Å². The molecule has 1 N–H and O–H groups in total. The van der Waals surface area contributed by atoms with Gasteiger partial charge in [-0.1, -0.05) is 29.8 Å². The summed E-state index contributed by atoms with van der Waals surface area (Å²) in [5.74, 6) is -0.541. The van der Waals surface area contributed by atoms with Gasteiger partial charge < -0.3 is 5.32 Å². The molecule has 0 bridgehead atoms. The van der Waals surface area contributed by atoms with E-state index in [1.807, 2.05) is 6.92 Å². The third-order valence-corrected chi connectivity index (χ3v) is 6.70. The normalized spacial score (nSPS) is 18.5. The number of anilines is 1. The Bertz CT molecular complexity index is 900.